The molecule has 7 heteroatoms. The molecule has 1 aliphatic rings. The molecule has 0 aliphatic carbocycles. The van der Waals surface area contributed by atoms with Crippen LogP contribution in [-0.2, 0) is 14.4 Å². The Balaban J connectivity index is 2.02. The molecular formula is C15H17FN2O4. The van der Waals surface area contributed by atoms with Crippen LogP contribution in [0.4, 0.5) is 10.1 Å². The van der Waals surface area contributed by atoms with Crippen molar-refractivity contribution in [2.45, 2.75) is 12.8 Å². The molecule has 118 valence electrons. The molecule has 1 N–H and O–H groups in total. The lowest BCUT2D eigenvalue weighted by atomic mass is 10.1. The van der Waals surface area contributed by atoms with Gasteiger partial charge < -0.3 is 14.9 Å². The molecule has 1 saturated heterocycles. The van der Waals surface area contributed by atoms with Crippen LogP contribution in [0.5, 0.6) is 0 Å². The van der Waals surface area contributed by atoms with E-state index in [9.17, 15) is 18.8 Å². The summed E-state index contributed by atoms with van der Waals surface area (Å²) in [4.78, 5) is 37.8. The third-order valence-electron chi connectivity index (χ3n) is 3.68. The summed E-state index contributed by atoms with van der Waals surface area (Å²) in [6.45, 7) is 0.447. The Labute approximate surface area is 127 Å². The Morgan fingerprint density at radius 2 is 2.00 bits per heavy atom. The first-order valence-corrected chi connectivity index (χ1v) is 6.94. The van der Waals surface area contributed by atoms with Crippen molar-refractivity contribution < 1.29 is 23.9 Å². The molecule has 0 aromatic heterocycles. The molecule has 22 heavy (non-hydrogen) atoms. The summed E-state index contributed by atoms with van der Waals surface area (Å²) in [5, 5.41) is 8.63. The van der Waals surface area contributed by atoms with E-state index in [4.69, 9.17) is 5.11 Å². The van der Waals surface area contributed by atoms with Crippen molar-refractivity contribution in [2.24, 2.45) is 5.92 Å². The number of halogens is 1. The highest BCUT2D eigenvalue weighted by atomic mass is 19.1. The molecule has 1 atom stereocenters. The normalized spacial score (nSPS) is 17.6. The number of hydrogen-bond acceptors (Lipinski definition) is 3. The maximum absolute atomic E-state index is 12.9. The molecule has 2 rings (SSSR count). The van der Waals surface area contributed by atoms with Crippen molar-refractivity contribution in [1.82, 2.24) is 4.90 Å². The Morgan fingerprint density at radius 1 is 1.36 bits per heavy atom. The van der Waals surface area contributed by atoms with E-state index in [2.05, 4.69) is 0 Å². The Kier molecular flexibility index (Phi) is 4.75. The van der Waals surface area contributed by atoms with Crippen molar-refractivity contribution in [2.75, 3.05) is 25.0 Å². The summed E-state index contributed by atoms with van der Waals surface area (Å²) in [6.07, 6.45) is 0.206. The first kappa shape index (κ1) is 15.9. The van der Waals surface area contributed by atoms with Crippen LogP contribution in [0, 0.1) is 11.7 Å². The Bertz CT molecular complexity index is 588. The lowest BCUT2D eigenvalue weighted by Gasteiger charge is -2.20. The summed E-state index contributed by atoms with van der Waals surface area (Å²) in [5.41, 5.74) is 0.551. The van der Waals surface area contributed by atoms with E-state index in [1.807, 2.05) is 0 Å². The minimum atomic E-state index is -0.995. The average Bonchev–Trinajstić information content (AvgIpc) is 2.86. The van der Waals surface area contributed by atoms with Gasteiger partial charge in [-0.05, 0) is 30.7 Å². The Hall–Kier alpha value is -2.44. The fraction of sp³-hybridized carbons (Fsp3) is 0.400. The summed E-state index contributed by atoms with van der Waals surface area (Å²) in [7, 11) is 1.49. The number of carboxylic acids is 1. The van der Waals surface area contributed by atoms with E-state index in [0.717, 1.165) is 0 Å². The standard InChI is InChI=1S/C15H17FN2O4/c1-17(8-7-13(19)20)14(21)12-6-9-18(15(12)22)11-4-2-10(16)3-5-11/h2-5,12H,6-9H2,1H3,(H,19,20). The maximum atomic E-state index is 12.9. The van der Waals surface area contributed by atoms with Gasteiger partial charge in [-0.15, -0.1) is 0 Å². The molecular weight excluding hydrogens is 291 g/mol. The molecule has 0 radical (unpaired) electrons. The highest BCUT2D eigenvalue weighted by Crippen LogP contribution is 2.26. The molecule has 1 unspecified atom stereocenters. The topological polar surface area (TPSA) is 77.9 Å². The van der Waals surface area contributed by atoms with Gasteiger partial charge in [-0.3, -0.25) is 14.4 Å². The first-order chi connectivity index (χ1) is 10.4. The summed E-state index contributed by atoms with van der Waals surface area (Å²) >= 11 is 0. The van der Waals surface area contributed by atoms with E-state index in [1.54, 1.807) is 0 Å². The van der Waals surface area contributed by atoms with Crippen LogP contribution in [-0.4, -0.2) is 47.9 Å². The molecule has 0 bridgehead atoms. The predicted octanol–water partition coefficient (Wildman–Crippen LogP) is 1.11. The number of aliphatic carboxylic acids is 1. The largest absolute Gasteiger partial charge is 0.481 e. The summed E-state index contributed by atoms with van der Waals surface area (Å²) in [5.74, 6) is -2.90. The van der Waals surface area contributed by atoms with Crippen LogP contribution in [0.1, 0.15) is 12.8 Å². The van der Waals surface area contributed by atoms with Crippen molar-refractivity contribution in [3.8, 4) is 0 Å². The van der Waals surface area contributed by atoms with Crippen LogP contribution in [0.25, 0.3) is 0 Å². The van der Waals surface area contributed by atoms with Gasteiger partial charge in [-0.1, -0.05) is 0 Å². The zero-order valence-corrected chi connectivity index (χ0v) is 12.2. The zero-order valence-electron chi connectivity index (χ0n) is 12.2. The number of carbonyl (C=O) groups excluding carboxylic acids is 2. The second kappa shape index (κ2) is 6.55. The number of carboxylic acid groups (broad SMARTS) is 1. The van der Waals surface area contributed by atoms with Crippen LogP contribution in [0.15, 0.2) is 24.3 Å². The van der Waals surface area contributed by atoms with Gasteiger partial charge in [0.1, 0.15) is 11.7 Å². The lowest BCUT2D eigenvalue weighted by Crippen LogP contribution is -2.38. The van der Waals surface area contributed by atoms with Crippen molar-refractivity contribution >= 4 is 23.5 Å². The average molecular weight is 308 g/mol. The maximum Gasteiger partial charge on any atom is 0.305 e. The van der Waals surface area contributed by atoms with Crippen LogP contribution in [0.3, 0.4) is 0 Å². The van der Waals surface area contributed by atoms with Gasteiger partial charge in [-0.2, -0.15) is 0 Å². The molecule has 2 amide bonds. The highest BCUT2D eigenvalue weighted by molar-refractivity contribution is 6.09. The van der Waals surface area contributed by atoms with E-state index < -0.39 is 17.7 Å². The molecule has 1 aromatic carbocycles. The third kappa shape index (κ3) is 3.41. The summed E-state index contributed by atoms with van der Waals surface area (Å²) < 4.78 is 12.9. The van der Waals surface area contributed by atoms with E-state index >= 15 is 0 Å². The van der Waals surface area contributed by atoms with Gasteiger partial charge in [0.15, 0.2) is 0 Å². The van der Waals surface area contributed by atoms with Crippen molar-refractivity contribution in [3.05, 3.63) is 30.1 Å². The molecule has 0 spiro atoms. The quantitative estimate of drug-likeness (QED) is 0.827. The van der Waals surface area contributed by atoms with Gasteiger partial charge >= 0.3 is 5.97 Å². The van der Waals surface area contributed by atoms with Crippen LogP contribution in [0.2, 0.25) is 0 Å². The highest BCUT2D eigenvalue weighted by Gasteiger charge is 2.38. The second-order valence-corrected chi connectivity index (χ2v) is 5.21. The van der Waals surface area contributed by atoms with Gasteiger partial charge in [0.2, 0.25) is 11.8 Å². The number of hydrogen-bond donors (Lipinski definition) is 1. The fourth-order valence-corrected chi connectivity index (χ4v) is 2.43. The number of benzene rings is 1. The van der Waals surface area contributed by atoms with Gasteiger partial charge in [-0.25, -0.2) is 4.39 Å². The van der Waals surface area contributed by atoms with Crippen molar-refractivity contribution in [1.29, 1.82) is 0 Å². The molecule has 1 aliphatic heterocycles. The molecule has 6 nitrogen and oxygen atoms in total. The molecule has 1 fully saturated rings. The van der Waals surface area contributed by atoms with E-state index in [-0.39, 0.29) is 24.8 Å². The number of anilines is 1. The predicted molar refractivity (Wildman–Crippen MR) is 76.7 cm³/mol. The van der Waals surface area contributed by atoms with Gasteiger partial charge in [0.25, 0.3) is 0 Å². The van der Waals surface area contributed by atoms with Crippen LogP contribution >= 0.6 is 0 Å². The number of rotatable bonds is 5. The zero-order chi connectivity index (χ0) is 16.3. The monoisotopic (exact) mass is 308 g/mol. The second-order valence-electron chi connectivity index (χ2n) is 5.21. The molecule has 0 saturated carbocycles. The van der Waals surface area contributed by atoms with Crippen molar-refractivity contribution in [3.63, 3.8) is 0 Å². The van der Waals surface area contributed by atoms with E-state index in [1.165, 1.54) is 41.1 Å². The van der Waals surface area contributed by atoms with E-state index in [0.29, 0.717) is 18.7 Å². The van der Waals surface area contributed by atoms with Gasteiger partial charge in [0, 0.05) is 25.8 Å². The fourth-order valence-electron chi connectivity index (χ4n) is 2.43. The minimum Gasteiger partial charge on any atom is -0.481 e. The first-order valence-electron chi connectivity index (χ1n) is 6.94. The van der Waals surface area contributed by atoms with Crippen LogP contribution < -0.4 is 4.90 Å². The number of nitrogens with zero attached hydrogens (tertiary/aromatic N) is 2. The molecule has 1 aromatic rings. The number of carbonyl (C=O) groups is 3. The third-order valence-corrected chi connectivity index (χ3v) is 3.68. The molecule has 1 heterocycles. The smallest absolute Gasteiger partial charge is 0.305 e. The summed E-state index contributed by atoms with van der Waals surface area (Å²) in [6, 6.07) is 5.51. The Morgan fingerprint density at radius 3 is 2.59 bits per heavy atom. The lowest BCUT2D eigenvalue weighted by molar-refractivity contribution is -0.140. The minimum absolute atomic E-state index is 0.0640. The number of amides is 2. The SMILES string of the molecule is CN(CCC(=O)O)C(=O)C1CCN(c2ccc(F)cc2)C1=O. The van der Waals surface area contributed by atoms with Gasteiger partial charge in [0.05, 0.1) is 6.42 Å².